The Morgan fingerprint density at radius 3 is 1.92 bits per heavy atom. The van der Waals surface area contributed by atoms with Crippen LogP contribution >= 0.6 is 0 Å². The van der Waals surface area contributed by atoms with Gasteiger partial charge in [0.05, 0.1) is 5.41 Å². The van der Waals surface area contributed by atoms with Crippen LogP contribution in [0.4, 0.5) is 26.3 Å². The predicted octanol–water partition coefficient (Wildman–Crippen LogP) is 3.06. The van der Waals surface area contributed by atoms with Gasteiger partial charge in [0.1, 0.15) is 11.7 Å². The van der Waals surface area contributed by atoms with Crippen molar-refractivity contribution in [2.45, 2.75) is 74.8 Å². The fourth-order valence-electron chi connectivity index (χ4n) is 3.46. The van der Waals surface area contributed by atoms with Crippen molar-refractivity contribution in [1.82, 2.24) is 0 Å². The summed E-state index contributed by atoms with van der Waals surface area (Å²) in [5, 5.41) is 0. The van der Waals surface area contributed by atoms with Crippen molar-refractivity contribution < 1.29 is 50.1 Å². The summed E-state index contributed by atoms with van der Waals surface area (Å²) in [6.45, 7) is 1.50. The van der Waals surface area contributed by atoms with E-state index < -0.39 is 66.0 Å². The molecule has 1 saturated heterocycles. The Bertz CT molecular complexity index is 635. The molecule has 0 aromatic carbocycles. The summed E-state index contributed by atoms with van der Waals surface area (Å²) in [6.07, 6.45) is -13.5. The summed E-state index contributed by atoms with van der Waals surface area (Å²) in [5.74, 6) is -1.51. The maximum atomic E-state index is 13.9. The molecule has 0 bridgehead atoms. The zero-order valence-electron chi connectivity index (χ0n) is 13.8. The lowest BCUT2D eigenvalue weighted by molar-refractivity contribution is -0.446. The summed E-state index contributed by atoms with van der Waals surface area (Å²) < 4.78 is 95.9. The monoisotopic (exact) mass is 390 g/mol. The van der Waals surface area contributed by atoms with Crippen molar-refractivity contribution in [1.29, 1.82) is 0 Å². The molecule has 0 amide bonds. The standard InChI is InChI=1S/C15H16F6O5/c1-10(3-4-10)26-9(23)11(2)13(24-7-22,15(19,20)21)8(25-11)12(5-6-12)14(16,17)18/h7-8H,3-6H2,1-2H3. The molecule has 0 N–H and O–H groups in total. The highest BCUT2D eigenvalue weighted by Crippen LogP contribution is 2.71. The van der Waals surface area contributed by atoms with Gasteiger partial charge in [0, 0.05) is 0 Å². The minimum absolute atomic E-state index is 0.401. The van der Waals surface area contributed by atoms with Crippen LogP contribution in [0.15, 0.2) is 0 Å². The molecule has 2 aliphatic carbocycles. The van der Waals surface area contributed by atoms with Crippen LogP contribution < -0.4 is 0 Å². The Morgan fingerprint density at radius 1 is 1.04 bits per heavy atom. The van der Waals surface area contributed by atoms with Crippen molar-refractivity contribution in [2.24, 2.45) is 5.41 Å². The number of rotatable bonds is 5. The Kier molecular flexibility index (Phi) is 3.74. The number of carbonyl (C=O) groups is 2. The fourth-order valence-corrected chi connectivity index (χ4v) is 3.46. The van der Waals surface area contributed by atoms with Gasteiger partial charge in [0.15, 0.2) is 0 Å². The van der Waals surface area contributed by atoms with E-state index in [1.807, 2.05) is 0 Å². The number of hydrogen-bond donors (Lipinski definition) is 0. The first-order valence-electron chi connectivity index (χ1n) is 7.85. The van der Waals surface area contributed by atoms with Crippen LogP contribution in [0.5, 0.6) is 0 Å². The SMILES string of the molecule is CC1(OC(=O)C2(C)OC(C3(C(F)(F)F)CC3)C2(OC=O)C(F)(F)F)CC1. The second kappa shape index (κ2) is 5.05. The number of esters is 1. The van der Waals surface area contributed by atoms with Gasteiger partial charge in [-0.2, -0.15) is 26.3 Å². The van der Waals surface area contributed by atoms with Crippen LogP contribution in [-0.2, 0) is 23.8 Å². The lowest BCUT2D eigenvalue weighted by Crippen LogP contribution is -2.85. The summed E-state index contributed by atoms with van der Waals surface area (Å²) in [4.78, 5) is 23.2. The molecule has 0 spiro atoms. The molecule has 3 atom stereocenters. The molecular formula is C15H16F6O5. The quantitative estimate of drug-likeness (QED) is 0.410. The van der Waals surface area contributed by atoms with E-state index in [0.717, 1.165) is 0 Å². The third-order valence-corrected chi connectivity index (χ3v) is 5.62. The topological polar surface area (TPSA) is 61.8 Å². The number of carbonyl (C=O) groups excluding carboxylic acids is 2. The molecular weight excluding hydrogens is 374 g/mol. The molecule has 3 rings (SSSR count). The van der Waals surface area contributed by atoms with Gasteiger partial charge < -0.3 is 14.2 Å². The van der Waals surface area contributed by atoms with Gasteiger partial charge in [-0.05, 0) is 39.5 Å². The predicted molar refractivity (Wildman–Crippen MR) is 70.7 cm³/mol. The number of halogens is 6. The van der Waals surface area contributed by atoms with Gasteiger partial charge in [-0.25, -0.2) is 4.79 Å². The molecule has 3 aliphatic rings. The molecule has 1 aliphatic heterocycles. The summed E-state index contributed by atoms with van der Waals surface area (Å²) in [7, 11) is 0. The molecule has 11 heteroatoms. The third-order valence-electron chi connectivity index (χ3n) is 5.62. The third kappa shape index (κ3) is 2.28. The molecule has 148 valence electrons. The Hall–Kier alpha value is -1.52. The molecule has 26 heavy (non-hydrogen) atoms. The highest BCUT2D eigenvalue weighted by atomic mass is 19.4. The zero-order chi connectivity index (χ0) is 19.8. The largest absolute Gasteiger partial charge is 0.457 e. The lowest BCUT2D eigenvalue weighted by atomic mass is 9.66. The van der Waals surface area contributed by atoms with Crippen molar-refractivity contribution in [3.8, 4) is 0 Å². The van der Waals surface area contributed by atoms with E-state index in [9.17, 15) is 35.9 Å². The zero-order valence-corrected chi connectivity index (χ0v) is 13.8. The molecule has 3 fully saturated rings. The van der Waals surface area contributed by atoms with Crippen LogP contribution in [-0.4, -0.2) is 47.7 Å². The highest BCUT2D eigenvalue weighted by molar-refractivity contribution is 5.84. The molecule has 0 aromatic rings. The van der Waals surface area contributed by atoms with Gasteiger partial charge in [-0.3, -0.25) is 4.79 Å². The summed E-state index contributed by atoms with van der Waals surface area (Å²) in [5.41, 5.74) is -10.5. The molecule has 5 nitrogen and oxygen atoms in total. The number of hydrogen-bond acceptors (Lipinski definition) is 5. The van der Waals surface area contributed by atoms with Crippen molar-refractivity contribution >= 4 is 12.4 Å². The molecule has 0 radical (unpaired) electrons. The Morgan fingerprint density at radius 2 is 1.58 bits per heavy atom. The van der Waals surface area contributed by atoms with E-state index in [2.05, 4.69) is 4.74 Å². The minimum atomic E-state index is -5.49. The molecule has 3 unspecified atom stereocenters. The van der Waals surface area contributed by atoms with Crippen LogP contribution in [0, 0.1) is 5.41 Å². The van der Waals surface area contributed by atoms with E-state index >= 15 is 0 Å². The van der Waals surface area contributed by atoms with Gasteiger partial charge in [-0.15, -0.1) is 0 Å². The van der Waals surface area contributed by atoms with E-state index in [1.54, 1.807) is 0 Å². The average Bonchev–Trinajstić information content (AvgIpc) is 3.36. The van der Waals surface area contributed by atoms with Gasteiger partial charge in [0.2, 0.25) is 5.60 Å². The summed E-state index contributed by atoms with van der Waals surface area (Å²) >= 11 is 0. The van der Waals surface area contributed by atoms with Crippen molar-refractivity contribution in [3.63, 3.8) is 0 Å². The number of ether oxygens (including phenoxy) is 3. The number of alkyl halides is 6. The normalized spacial score (nSPS) is 37.3. The highest BCUT2D eigenvalue weighted by Gasteiger charge is 2.91. The van der Waals surface area contributed by atoms with Crippen LogP contribution in [0.1, 0.15) is 39.5 Å². The van der Waals surface area contributed by atoms with Gasteiger partial charge >= 0.3 is 18.3 Å². The van der Waals surface area contributed by atoms with Gasteiger partial charge in [0.25, 0.3) is 12.1 Å². The van der Waals surface area contributed by atoms with E-state index in [4.69, 9.17) is 9.47 Å². The van der Waals surface area contributed by atoms with E-state index in [-0.39, 0.29) is 0 Å². The smallest absolute Gasteiger partial charge is 0.434 e. The van der Waals surface area contributed by atoms with Crippen molar-refractivity contribution in [3.05, 3.63) is 0 Å². The maximum absolute atomic E-state index is 13.9. The Labute approximate surface area is 143 Å². The minimum Gasteiger partial charge on any atom is -0.457 e. The first-order chi connectivity index (χ1) is 11.7. The second-order valence-electron chi connectivity index (χ2n) is 7.47. The molecule has 0 aromatic heterocycles. The second-order valence-corrected chi connectivity index (χ2v) is 7.47. The fraction of sp³-hybridized carbons (Fsp3) is 0.867. The molecule has 1 heterocycles. The summed E-state index contributed by atoms with van der Waals surface area (Å²) in [6, 6.07) is 0. The Balaban J connectivity index is 2.04. The van der Waals surface area contributed by atoms with Crippen LogP contribution in [0.3, 0.4) is 0 Å². The van der Waals surface area contributed by atoms with E-state index in [1.165, 1.54) is 6.92 Å². The first-order valence-corrected chi connectivity index (χ1v) is 7.85. The van der Waals surface area contributed by atoms with Gasteiger partial charge in [-0.1, -0.05) is 0 Å². The average molecular weight is 390 g/mol. The van der Waals surface area contributed by atoms with Crippen LogP contribution in [0.2, 0.25) is 0 Å². The maximum Gasteiger partial charge on any atom is 0.434 e. The van der Waals surface area contributed by atoms with E-state index in [0.29, 0.717) is 19.8 Å². The first kappa shape index (κ1) is 19.2. The lowest BCUT2D eigenvalue weighted by Gasteiger charge is -2.60. The van der Waals surface area contributed by atoms with Crippen LogP contribution in [0.25, 0.3) is 0 Å². The molecule has 2 saturated carbocycles. The van der Waals surface area contributed by atoms with Crippen molar-refractivity contribution in [2.75, 3.05) is 0 Å².